The Kier molecular flexibility index (Phi) is 10.3. The van der Waals surface area contributed by atoms with Gasteiger partial charge in [-0.15, -0.1) is 0 Å². The lowest BCUT2D eigenvalue weighted by atomic mass is 9.74. The quantitative estimate of drug-likeness (QED) is 0.326. The molecule has 1 saturated carbocycles. The summed E-state index contributed by atoms with van der Waals surface area (Å²) < 4.78 is 5.31. The Bertz CT molecular complexity index is 507. The third-order valence-corrected chi connectivity index (χ3v) is 5.54. The number of hydrogen-bond donors (Lipinski definition) is 1. The molecule has 0 aliphatic heterocycles. The number of carboxylic acid groups (broad SMARTS) is 1. The molecule has 1 aliphatic carbocycles. The van der Waals surface area contributed by atoms with E-state index in [0.29, 0.717) is 18.9 Å². The summed E-state index contributed by atoms with van der Waals surface area (Å²) in [6.07, 6.45) is 13.5. The maximum absolute atomic E-state index is 12.0. The van der Waals surface area contributed by atoms with Crippen LogP contribution in [0.2, 0.25) is 0 Å². The molecule has 0 aromatic rings. The molecule has 0 amide bonds. The van der Waals surface area contributed by atoms with Crippen molar-refractivity contribution >= 4 is 11.9 Å². The molecule has 1 N–H and O–H groups in total. The molecule has 1 fully saturated rings. The van der Waals surface area contributed by atoms with Gasteiger partial charge in [0.25, 0.3) is 0 Å². The molecule has 0 aromatic carbocycles. The fraction of sp³-hybridized carbons (Fsp3) is 0.833. The molecule has 1 unspecified atom stereocenters. The van der Waals surface area contributed by atoms with Gasteiger partial charge in [-0.2, -0.15) is 0 Å². The van der Waals surface area contributed by atoms with E-state index < -0.39 is 11.9 Å². The zero-order valence-electron chi connectivity index (χ0n) is 18.8. The van der Waals surface area contributed by atoms with Crippen LogP contribution in [0.3, 0.4) is 0 Å². The Balaban J connectivity index is 2.35. The highest BCUT2D eigenvalue weighted by Gasteiger charge is 2.25. The van der Waals surface area contributed by atoms with Crippen LogP contribution in [0.4, 0.5) is 0 Å². The van der Waals surface area contributed by atoms with Crippen molar-refractivity contribution in [3.8, 4) is 0 Å². The van der Waals surface area contributed by atoms with Gasteiger partial charge in [-0.3, -0.25) is 9.59 Å². The average molecular weight is 395 g/mol. The van der Waals surface area contributed by atoms with E-state index >= 15 is 0 Å². The van der Waals surface area contributed by atoms with E-state index in [0.717, 1.165) is 19.3 Å². The van der Waals surface area contributed by atoms with Gasteiger partial charge in [-0.25, -0.2) is 0 Å². The second kappa shape index (κ2) is 11.6. The van der Waals surface area contributed by atoms with Crippen LogP contribution < -0.4 is 0 Å². The molecule has 1 atom stereocenters. The maximum atomic E-state index is 12.0. The minimum absolute atomic E-state index is 0.0459. The Labute approximate surface area is 172 Å². The Morgan fingerprint density at radius 1 is 1.07 bits per heavy atom. The van der Waals surface area contributed by atoms with E-state index in [1.165, 1.54) is 32.1 Å². The summed E-state index contributed by atoms with van der Waals surface area (Å²) in [6.45, 7) is 11.6. The number of ether oxygens (including phenoxy) is 1. The van der Waals surface area contributed by atoms with Gasteiger partial charge < -0.3 is 9.84 Å². The minimum atomic E-state index is -0.928. The molecule has 0 bridgehead atoms. The molecule has 0 spiro atoms. The van der Waals surface area contributed by atoms with Gasteiger partial charge >= 0.3 is 11.9 Å². The van der Waals surface area contributed by atoms with E-state index in [-0.39, 0.29) is 23.2 Å². The SMILES string of the molecule is CC(C)(C)CC(C)(C)C/C=C/CC(CC(=O)OCCC1CCCCC1)C(=O)O. The van der Waals surface area contributed by atoms with Crippen molar-refractivity contribution in [2.24, 2.45) is 22.7 Å². The summed E-state index contributed by atoms with van der Waals surface area (Å²) in [5.74, 6) is -1.35. The lowest BCUT2D eigenvalue weighted by Gasteiger charge is -2.31. The van der Waals surface area contributed by atoms with Crippen LogP contribution in [0, 0.1) is 22.7 Å². The standard InChI is InChI=1S/C24H42O4/c1-23(2,3)18-24(4,5)15-10-9-13-20(22(26)27)17-21(25)28-16-14-19-11-7-6-8-12-19/h9-10,19-20H,6-8,11-18H2,1-5H3,(H,26,27)/b10-9+. The molecular weight excluding hydrogens is 352 g/mol. The van der Waals surface area contributed by atoms with Crippen molar-refractivity contribution in [3.05, 3.63) is 12.2 Å². The highest BCUT2D eigenvalue weighted by molar-refractivity contribution is 5.78. The van der Waals surface area contributed by atoms with Crippen LogP contribution in [0.15, 0.2) is 12.2 Å². The van der Waals surface area contributed by atoms with Gasteiger partial charge in [0.05, 0.1) is 18.9 Å². The molecule has 0 aromatic heterocycles. The van der Waals surface area contributed by atoms with Crippen molar-refractivity contribution in [2.45, 2.75) is 98.8 Å². The lowest BCUT2D eigenvalue weighted by Crippen LogP contribution is -2.21. The number of carbonyl (C=O) groups is 2. The first-order valence-corrected chi connectivity index (χ1v) is 11.0. The fourth-order valence-electron chi connectivity index (χ4n) is 4.52. The summed E-state index contributed by atoms with van der Waals surface area (Å²) in [5.41, 5.74) is 0.438. The molecule has 0 saturated heterocycles. The van der Waals surface area contributed by atoms with E-state index in [1.807, 2.05) is 6.08 Å². The molecular formula is C24H42O4. The normalized spacial score (nSPS) is 17.6. The van der Waals surface area contributed by atoms with Crippen molar-refractivity contribution < 1.29 is 19.4 Å². The molecule has 0 heterocycles. The Morgan fingerprint density at radius 2 is 1.71 bits per heavy atom. The highest BCUT2D eigenvalue weighted by Crippen LogP contribution is 2.36. The van der Waals surface area contributed by atoms with Crippen LogP contribution in [-0.2, 0) is 14.3 Å². The predicted molar refractivity (Wildman–Crippen MR) is 114 cm³/mol. The van der Waals surface area contributed by atoms with Crippen molar-refractivity contribution in [3.63, 3.8) is 0 Å². The predicted octanol–water partition coefficient (Wildman–Crippen LogP) is 6.39. The number of allylic oxidation sites excluding steroid dienone is 2. The molecule has 1 rings (SSSR count). The molecule has 28 heavy (non-hydrogen) atoms. The summed E-state index contributed by atoms with van der Waals surface area (Å²) in [6, 6.07) is 0. The first kappa shape index (κ1) is 24.7. The summed E-state index contributed by atoms with van der Waals surface area (Å²) >= 11 is 0. The Morgan fingerprint density at radius 3 is 2.29 bits per heavy atom. The van der Waals surface area contributed by atoms with E-state index in [2.05, 4.69) is 40.7 Å². The molecule has 0 radical (unpaired) electrons. The number of rotatable bonds is 11. The topological polar surface area (TPSA) is 63.6 Å². The second-order valence-corrected chi connectivity index (χ2v) is 10.6. The van der Waals surface area contributed by atoms with Gasteiger partial charge in [0.2, 0.25) is 0 Å². The number of esters is 1. The first-order chi connectivity index (χ1) is 13.0. The molecule has 162 valence electrons. The lowest BCUT2D eigenvalue weighted by molar-refractivity contribution is -0.151. The maximum Gasteiger partial charge on any atom is 0.307 e. The summed E-state index contributed by atoms with van der Waals surface area (Å²) in [4.78, 5) is 23.5. The van der Waals surface area contributed by atoms with Gasteiger partial charge in [0.15, 0.2) is 0 Å². The van der Waals surface area contributed by atoms with Gasteiger partial charge in [0, 0.05) is 0 Å². The fourth-order valence-corrected chi connectivity index (χ4v) is 4.52. The second-order valence-electron chi connectivity index (χ2n) is 10.6. The third-order valence-electron chi connectivity index (χ3n) is 5.54. The molecule has 4 nitrogen and oxygen atoms in total. The molecule has 4 heteroatoms. The zero-order chi connectivity index (χ0) is 21.2. The van der Waals surface area contributed by atoms with Crippen LogP contribution in [0.5, 0.6) is 0 Å². The number of carbonyl (C=O) groups excluding carboxylic acids is 1. The number of hydrogen-bond acceptors (Lipinski definition) is 3. The van der Waals surface area contributed by atoms with Crippen LogP contribution in [-0.4, -0.2) is 23.7 Å². The summed E-state index contributed by atoms with van der Waals surface area (Å²) in [7, 11) is 0. The number of carboxylic acids is 1. The monoisotopic (exact) mass is 394 g/mol. The van der Waals surface area contributed by atoms with E-state index in [4.69, 9.17) is 4.74 Å². The third kappa shape index (κ3) is 11.5. The highest BCUT2D eigenvalue weighted by atomic mass is 16.5. The van der Waals surface area contributed by atoms with E-state index in [9.17, 15) is 14.7 Å². The smallest absolute Gasteiger partial charge is 0.307 e. The van der Waals surface area contributed by atoms with Gasteiger partial charge in [-0.1, -0.05) is 78.9 Å². The van der Waals surface area contributed by atoms with Crippen LogP contribution in [0.1, 0.15) is 98.8 Å². The van der Waals surface area contributed by atoms with Crippen molar-refractivity contribution in [2.75, 3.05) is 6.61 Å². The van der Waals surface area contributed by atoms with Crippen molar-refractivity contribution in [1.82, 2.24) is 0 Å². The van der Waals surface area contributed by atoms with Crippen LogP contribution in [0.25, 0.3) is 0 Å². The van der Waals surface area contributed by atoms with Gasteiger partial charge in [-0.05, 0) is 42.4 Å². The van der Waals surface area contributed by atoms with E-state index in [1.54, 1.807) is 0 Å². The zero-order valence-corrected chi connectivity index (χ0v) is 18.8. The first-order valence-electron chi connectivity index (χ1n) is 11.0. The largest absolute Gasteiger partial charge is 0.481 e. The summed E-state index contributed by atoms with van der Waals surface area (Å²) in [5, 5.41) is 9.42. The Hall–Kier alpha value is -1.32. The number of aliphatic carboxylic acids is 1. The van der Waals surface area contributed by atoms with Crippen LogP contribution >= 0.6 is 0 Å². The molecule has 1 aliphatic rings. The average Bonchev–Trinajstić information content (AvgIpc) is 2.56. The van der Waals surface area contributed by atoms with Crippen molar-refractivity contribution in [1.29, 1.82) is 0 Å². The minimum Gasteiger partial charge on any atom is -0.481 e. The van der Waals surface area contributed by atoms with Gasteiger partial charge in [0.1, 0.15) is 0 Å².